The molecule has 1 aromatic rings. The van der Waals surface area contributed by atoms with Crippen molar-refractivity contribution in [1.82, 2.24) is 9.80 Å². The highest BCUT2D eigenvalue weighted by Gasteiger charge is 2.24. The Labute approximate surface area is 111 Å². The number of likely N-dealkylation sites (N-methyl/N-ethyl adjacent to an activating group) is 1. The molecule has 1 aliphatic heterocycles. The van der Waals surface area contributed by atoms with Crippen LogP contribution in [0.3, 0.4) is 0 Å². The number of hydrogen-bond acceptors (Lipinski definition) is 3. The highest BCUT2D eigenvalue weighted by Crippen LogP contribution is 2.20. The van der Waals surface area contributed by atoms with Crippen molar-refractivity contribution in [2.45, 2.75) is 25.9 Å². The number of piperazine rings is 1. The Morgan fingerprint density at radius 2 is 1.61 bits per heavy atom. The first kappa shape index (κ1) is 13.5. The van der Waals surface area contributed by atoms with E-state index in [2.05, 4.69) is 55.0 Å². The van der Waals surface area contributed by atoms with Gasteiger partial charge in [0.05, 0.1) is 0 Å². The number of nitrogens with zero attached hydrogens (tertiary/aromatic N) is 2. The Bertz CT molecular complexity index is 366. The molecule has 1 heterocycles. The van der Waals surface area contributed by atoms with Gasteiger partial charge in [-0.1, -0.05) is 29.8 Å². The molecule has 18 heavy (non-hydrogen) atoms. The Kier molecular flexibility index (Phi) is 4.38. The Morgan fingerprint density at radius 3 is 2.17 bits per heavy atom. The maximum atomic E-state index is 6.40. The summed E-state index contributed by atoms with van der Waals surface area (Å²) in [6.07, 6.45) is 0. The molecular formula is C15H25N3. The zero-order valence-electron chi connectivity index (χ0n) is 11.8. The van der Waals surface area contributed by atoms with Crippen LogP contribution in [0.5, 0.6) is 0 Å². The molecule has 3 heteroatoms. The zero-order chi connectivity index (χ0) is 13.1. The number of hydrogen-bond donors (Lipinski definition) is 1. The molecule has 2 N–H and O–H groups in total. The van der Waals surface area contributed by atoms with Crippen LogP contribution in [-0.4, -0.2) is 49.1 Å². The highest BCUT2D eigenvalue weighted by molar-refractivity contribution is 5.24. The molecule has 0 spiro atoms. The lowest BCUT2D eigenvalue weighted by molar-refractivity contribution is 0.106. The van der Waals surface area contributed by atoms with Gasteiger partial charge in [0.1, 0.15) is 0 Å². The van der Waals surface area contributed by atoms with Crippen LogP contribution < -0.4 is 5.73 Å². The molecule has 1 aromatic carbocycles. The predicted octanol–water partition coefficient (Wildman–Crippen LogP) is 1.63. The SMILES string of the molecule is Cc1ccc(C(N)C(C)N2CCN(C)CC2)cc1. The largest absolute Gasteiger partial charge is 0.323 e. The lowest BCUT2D eigenvalue weighted by atomic mass is 9.98. The summed E-state index contributed by atoms with van der Waals surface area (Å²) in [6.45, 7) is 8.89. The molecule has 0 bridgehead atoms. The van der Waals surface area contributed by atoms with Gasteiger partial charge in [-0.3, -0.25) is 4.90 Å². The standard InChI is InChI=1S/C15H25N3/c1-12-4-6-14(7-5-12)15(16)13(2)18-10-8-17(3)9-11-18/h4-7,13,15H,8-11,16H2,1-3H3. The van der Waals surface area contributed by atoms with E-state index in [4.69, 9.17) is 5.73 Å². The van der Waals surface area contributed by atoms with Crippen LogP contribution in [0.25, 0.3) is 0 Å². The van der Waals surface area contributed by atoms with Crippen molar-refractivity contribution in [1.29, 1.82) is 0 Å². The van der Waals surface area contributed by atoms with Gasteiger partial charge in [0.25, 0.3) is 0 Å². The van der Waals surface area contributed by atoms with Gasteiger partial charge in [0.2, 0.25) is 0 Å². The van der Waals surface area contributed by atoms with Crippen LogP contribution >= 0.6 is 0 Å². The van der Waals surface area contributed by atoms with Crippen molar-refractivity contribution in [2.75, 3.05) is 33.2 Å². The summed E-state index contributed by atoms with van der Waals surface area (Å²) >= 11 is 0. The quantitative estimate of drug-likeness (QED) is 0.881. The van der Waals surface area contributed by atoms with Gasteiger partial charge in [-0.05, 0) is 26.5 Å². The van der Waals surface area contributed by atoms with Crippen molar-refractivity contribution < 1.29 is 0 Å². The third kappa shape index (κ3) is 3.10. The van der Waals surface area contributed by atoms with Crippen LogP contribution in [0.4, 0.5) is 0 Å². The summed E-state index contributed by atoms with van der Waals surface area (Å²) in [5.41, 5.74) is 8.93. The molecule has 0 aromatic heterocycles. The maximum Gasteiger partial charge on any atom is 0.0450 e. The molecule has 100 valence electrons. The summed E-state index contributed by atoms with van der Waals surface area (Å²) in [6, 6.07) is 9.12. The maximum absolute atomic E-state index is 6.40. The van der Waals surface area contributed by atoms with Gasteiger partial charge < -0.3 is 10.6 Å². The Hall–Kier alpha value is -0.900. The highest BCUT2D eigenvalue weighted by atomic mass is 15.3. The van der Waals surface area contributed by atoms with Gasteiger partial charge in [0.15, 0.2) is 0 Å². The van der Waals surface area contributed by atoms with Crippen LogP contribution in [0.2, 0.25) is 0 Å². The minimum Gasteiger partial charge on any atom is -0.323 e. The van der Waals surface area contributed by atoms with Gasteiger partial charge in [-0.25, -0.2) is 0 Å². The van der Waals surface area contributed by atoms with Crippen molar-refractivity contribution in [3.8, 4) is 0 Å². The predicted molar refractivity (Wildman–Crippen MR) is 76.6 cm³/mol. The average molecular weight is 247 g/mol. The van der Waals surface area contributed by atoms with E-state index in [1.54, 1.807) is 0 Å². The van der Waals surface area contributed by atoms with Crippen molar-refractivity contribution in [3.63, 3.8) is 0 Å². The molecule has 0 amide bonds. The normalized spacial score (nSPS) is 21.8. The van der Waals surface area contributed by atoms with Crippen molar-refractivity contribution >= 4 is 0 Å². The average Bonchev–Trinajstić information content (AvgIpc) is 2.39. The summed E-state index contributed by atoms with van der Waals surface area (Å²) in [7, 11) is 2.18. The summed E-state index contributed by atoms with van der Waals surface area (Å²) in [5, 5.41) is 0. The minimum absolute atomic E-state index is 0.106. The van der Waals surface area contributed by atoms with Gasteiger partial charge >= 0.3 is 0 Å². The summed E-state index contributed by atoms with van der Waals surface area (Å²) < 4.78 is 0. The summed E-state index contributed by atoms with van der Waals surface area (Å²) in [4.78, 5) is 4.88. The van der Waals surface area contributed by atoms with Crippen LogP contribution in [0, 0.1) is 6.92 Å². The fraction of sp³-hybridized carbons (Fsp3) is 0.600. The first-order chi connectivity index (χ1) is 8.58. The lowest BCUT2D eigenvalue weighted by Crippen LogP contribution is -2.51. The number of rotatable bonds is 3. The van der Waals surface area contributed by atoms with E-state index >= 15 is 0 Å². The van der Waals surface area contributed by atoms with E-state index in [1.807, 2.05) is 0 Å². The van der Waals surface area contributed by atoms with E-state index in [0.29, 0.717) is 6.04 Å². The van der Waals surface area contributed by atoms with Gasteiger partial charge in [-0.2, -0.15) is 0 Å². The van der Waals surface area contributed by atoms with Crippen LogP contribution in [0.15, 0.2) is 24.3 Å². The van der Waals surface area contributed by atoms with E-state index < -0.39 is 0 Å². The van der Waals surface area contributed by atoms with E-state index in [0.717, 1.165) is 26.2 Å². The second-order valence-electron chi connectivity index (χ2n) is 5.52. The van der Waals surface area contributed by atoms with Crippen molar-refractivity contribution in [2.24, 2.45) is 5.73 Å². The molecule has 0 saturated carbocycles. The van der Waals surface area contributed by atoms with Gasteiger partial charge in [-0.15, -0.1) is 0 Å². The fourth-order valence-electron chi connectivity index (χ4n) is 2.52. The molecule has 1 aliphatic rings. The second kappa shape index (κ2) is 5.83. The minimum atomic E-state index is 0.106. The molecule has 0 aliphatic carbocycles. The monoisotopic (exact) mass is 247 g/mol. The summed E-state index contributed by atoms with van der Waals surface area (Å²) in [5.74, 6) is 0. The molecule has 3 nitrogen and oxygen atoms in total. The lowest BCUT2D eigenvalue weighted by Gasteiger charge is -2.38. The van der Waals surface area contributed by atoms with E-state index in [1.165, 1.54) is 11.1 Å². The zero-order valence-corrected chi connectivity index (χ0v) is 11.8. The second-order valence-corrected chi connectivity index (χ2v) is 5.52. The van der Waals surface area contributed by atoms with E-state index in [-0.39, 0.29) is 6.04 Å². The fourth-order valence-corrected chi connectivity index (χ4v) is 2.52. The smallest absolute Gasteiger partial charge is 0.0450 e. The number of nitrogens with two attached hydrogens (primary N) is 1. The number of aryl methyl sites for hydroxylation is 1. The molecule has 1 saturated heterocycles. The Morgan fingerprint density at radius 1 is 1.06 bits per heavy atom. The third-order valence-electron chi connectivity index (χ3n) is 4.10. The molecule has 2 atom stereocenters. The topological polar surface area (TPSA) is 32.5 Å². The molecule has 2 rings (SSSR count). The first-order valence-electron chi connectivity index (χ1n) is 6.82. The third-order valence-corrected chi connectivity index (χ3v) is 4.10. The van der Waals surface area contributed by atoms with Crippen molar-refractivity contribution in [3.05, 3.63) is 35.4 Å². The molecule has 0 radical (unpaired) electrons. The van der Waals surface area contributed by atoms with Gasteiger partial charge in [0, 0.05) is 38.3 Å². The molecular weight excluding hydrogens is 222 g/mol. The number of benzene rings is 1. The van der Waals surface area contributed by atoms with Crippen LogP contribution in [0.1, 0.15) is 24.1 Å². The van der Waals surface area contributed by atoms with E-state index in [9.17, 15) is 0 Å². The Balaban J connectivity index is 1.99. The van der Waals surface area contributed by atoms with Crippen LogP contribution in [-0.2, 0) is 0 Å². The molecule has 2 unspecified atom stereocenters. The molecule has 1 fully saturated rings. The first-order valence-corrected chi connectivity index (χ1v) is 6.82.